The van der Waals surface area contributed by atoms with E-state index in [0.717, 1.165) is 12.2 Å². The Bertz CT molecular complexity index is 226. The Balaban J connectivity index is 4.10. The number of carbonyl (C=O) groups excluding carboxylic acids is 3. The van der Waals surface area contributed by atoms with Crippen LogP contribution in [-0.2, 0) is 14.4 Å². The minimum absolute atomic E-state index is 0.392. The first kappa shape index (κ1) is 11.1. The molecule has 0 spiro atoms. The first-order valence-electron chi connectivity index (χ1n) is 3.45. The lowest BCUT2D eigenvalue weighted by Crippen LogP contribution is -2.48. The summed E-state index contributed by atoms with van der Waals surface area (Å²) in [6.45, 7) is 6.37. The molecule has 0 atom stereocenters. The summed E-state index contributed by atoms with van der Waals surface area (Å²) in [4.78, 5) is 31.7. The monoisotopic (exact) mass is 182 g/mol. The van der Waals surface area contributed by atoms with Crippen LogP contribution in [0.25, 0.3) is 0 Å². The minimum Gasteiger partial charge on any atom is -0.326 e. The van der Waals surface area contributed by atoms with Gasteiger partial charge in [0.1, 0.15) is 0 Å². The van der Waals surface area contributed by atoms with Crippen LogP contribution in [0.1, 0.15) is 0 Å². The van der Waals surface area contributed by atoms with E-state index < -0.39 is 18.0 Å². The highest BCUT2D eigenvalue weighted by atomic mass is 16.2. The van der Waals surface area contributed by atoms with Crippen molar-refractivity contribution in [1.29, 1.82) is 0 Å². The van der Waals surface area contributed by atoms with Gasteiger partial charge in [-0.25, -0.2) is 0 Å². The summed E-state index contributed by atoms with van der Waals surface area (Å²) in [6.07, 6.45) is 1.34. The molecular formula is C8H10N2O3. The van der Waals surface area contributed by atoms with Gasteiger partial charge in [0.05, 0.1) is 0 Å². The molecule has 70 valence electrons. The molecule has 0 aromatic rings. The van der Waals surface area contributed by atoms with Crippen LogP contribution >= 0.6 is 0 Å². The molecular weight excluding hydrogens is 172 g/mol. The van der Waals surface area contributed by atoms with E-state index >= 15 is 0 Å². The largest absolute Gasteiger partial charge is 0.326 e. The average Bonchev–Trinajstić information content (AvgIpc) is 2.16. The highest BCUT2D eigenvalue weighted by Gasteiger charge is 2.09. The summed E-state index contributed by atoms with van der Waals surface area (Å²) < 4.78 is 0. The molecule has 0 aromatic carbocycles. The van der Waals surface area contributed by atoms with E-state index in [0.29, 0.717) is 6.29 Å². The van der Waals surface area contributed by atoms with Crippen molar-refractivity contribution in [3.05, 3.63) is 25.3 Å². The molecule has 5 heteroatoms. The lowest BCUT2D eigenvalue weighted by atomic mass is 10.4. The van der Waals surface area contributed by atoms with Crippen LogP contribution in [0.5, 0.6) is 0 Å². The third-order valence-corrected chi connectivity index (χ3v) is 1.10. The smallest absolute Gasteiger partial charge is 0.245 e. The van der Waals surface area contributed by atoms with Crippen LogP contribution in [0, 0.1) is 0 Å². The van der Waals surface area contributed by atoms with Crippen molar-refractivity contribution in [2.45, 2.75) is 6.17 Å². The van der Waals surface area contributed by atoms with E-state index in [4.69, 9.17) is 0 Å². The third kappa shape index (κ3) is 4.52. The van der Waals surface area contributed by atoms with Gasteiger partial charge in [0.15, 0.2) is 12.5 Å². The van der Waals surface area contributed by atoms with Crippen molar-refractivity contribution >= 4 is 18.1 Å². The van der Waals surface area contributed by atoms with E-state index in [2.05, 4.69) is 23.8 Å². The fourth-order valence-electron chi connectivity index (χ4n) is 0.529. The molecule has 0 bridgehead atoms. The van der Waals surface area contributed by atoms with Gasteiger partial charge < -0.3 is 10.6 Å². The number of hydrogen-bond donors (Lipinski definition) is 2. The summed E-state index contributed by atoms with van der Waals surface area (Å²) in [5, 5.41) is 4.35. The number of nitrogens with one attached hydrogen (secondary N) is 2. The van der Waals surface area contributed by atoms with Crippen LogP contribution in [0.2, 0.25) is 0 Å². The normalized spacial score (nSPS) is 8.69. The molecule has 5 nitrogen and oxygen atoms in total. The zero-order chi connectivity index (χ0) is 10.3. The molecule has 0 aromatic heterocycles. The van der Waals surface area contributed by atoms with Gasteiger partial charge in [-0.15, -0.1) is 0 Å². The Morgan fingerprint density at radius 2 is 1.46 bits per heavy atom. The van der Waals surface area contributed by atoms with Crippen molar-refractivity contribution in [2.75, 3.05) is 0 Å². The van der Waals surface area contributed by atoms with Crippen molar-refractivity contribution in [1.82, 2.24) is 10.6 Å². The van der Waals surface area contributed by atoms with Crippen LogP contribution in [-0.4, -0.2) is 24.3 Å². The lowest BCUT2D eigenvalue weighted by Gasteiger charge is -2.11. The maximum atomic E-state index is 10.7. The third-order valence-electron chi connectivity index (χ3n) is 1.10. The maximum Gasteiger partial charge on any atom is 0.245 e. The molecule has 0 saturated heterocycles. The summed E-state index contributed by atoms with van der Waals surface area (Å²) in [5.41, 5.74) is 0. The first-order valence-corrected chi connectivity index (χ1v) is 3.45. The van der Waals surface area contributed by atoms with Gasteiger partial charge in [0.2, 0.25) is 11.8 Å². The summed E-state index contributed by atoms with van der Waals surface area (Å²) in [6, 6.07) is 0. The van der Waals surface area contributed by atoms with Crippen LogP contribution in [0.3, 0.4) is 0 Å². The van der Waals surface area contributed by atoms with Crippen LogP contribution in [0.15, 0.2) is 25.3 Å². The van der Waals surface area contributed by atoms with Gasteiger partial charge in [-0.2, -0.15) is 0 Å². The molecule has 0 rings (SSSR count). The molecule has 0 saturated carbocycles. The Hall–Kier alpha value is -1.91. The zero-order valence-electron chi connectivity index (χ0n) is 6.95. The van der Waals surface area contributed by atoms with Crippen LogP contribution < -0.4 is 10.6 Å². The second kappa shape index (κ2) is 5.70. The van der Waals surface area contributed by atoms with Crippen molar-refractivity contribution in [2.24, 2.45) is 0 Å². The first-order chi connectivity index (χ1) is 6.13. The topological polar surface area (TPSA) is 75.3 Å². The fourth-order valence-corrected chi connectivity index (χ4v) is 0.529. The SMILES string of the molecule is C=CC(=O)NC(C=O)NC(=O)C=C. The van der Waals surface area contributed by atoms with E-state index in [1.165, 1.54) is 0 Å². The standard InChI is InChI=1S/C8H10N2O3/c1-3-7(12)9-6(5-11)10-8(13)4-2/h3-6H,1-2H2,(H,9,12)(H,10,13). The number of hydrogen-bond acceptors (Lipinski definition) is 3. The van der Waals surface area contributed by atoms with E-state index in [1.54, 1.807) is 0 Å². The molecule has 0 radical (unpaired) electrons. The van der Waals surface area contributed by atoms with Crippen LogP contribution in [0.4, 0.5) is 0 Å². The zero-order valence-corrected chi connectivity index (χ0v) is 6.95. The molecule has 0 unspecified atom stereocenters. The van der Waals surface area contributed by atoms with Crippen molar-refractivity contribution in [3.8, 4) is 0 Å². The highest BCUT2D eigenvalue weighted by Crippen LogP contribution is 1.76. The summed E-state index contributed by atoms with van der Waals surface area (Å²) in [7, 11) is 0. The van der Waals surface area contributed by atoms with Gasteiger partial charge in [-0.1, -0.05) is 13.2 Å². The average molecular weight is 182 g/mol. The Labute approximate surface area is 75.5 Å². The van der Waals surface area contributed by atoms with Gasteiger partial charge in [-0.3, -0.25) is 14.4 Å². The molecule has 0 aliphatic rings. The van der Waals surface area contributed by atoms with Gasteiger partial charge in [0, 0.05) is 0 Å². The summed E-state index contributed by atoms with van der Waals surface area (Å²) >= 11 is 0. The van der Waals surface area contributed by atoms with Gasteiger partial charge >= 0.3 is 0 Å². The number of aldehydes is 1. The highest BCUT2D eigenvalue weighted by molar-refractivity contribution is 5.92. The Kier molecular flexibility index (Phi) is 4.87. The van der Waals surface area contributed by atoms with E-state index in [1.807, 2.05) is 0 Å². The number of rotatable bonds is 5. The molecule has 2 amide bonds. The maximum absolute atomic E-state index is 10.7. The van der Waals surface area contributed by atoms with Gasteiger partial charge in [0.25, 0.3) is 0 Å². The molecule has 0 heterocycles. The molecule has 0 aliphatic carbocycles. The van der Waals surface area contributed by atoms with Crippen molar-refractivity contribution < 1.29 is 14.4 Å². The number of carbonyl (C=O) groups is 3. The van der Waals surface area contributed by atoms with E-state index in [9.17, 15) is 14.4 Å². The molecule has 2 N–H and O–H groups in total. The molecule has 0 aliphatic heterocycles. The van der Waals surface area contributed by atoms with Gasteiger partial charge in [-0.05, 0) is 12.2 Å². The second-order valence-electron chi connectivity index (χ2n) is 2.04. The summed E-state index contributed by atoms with van der Waals surface area (Å²) in [5.74, 6) is -1.08. The molecule has 0 fully saturated rings. The minimum atomic E-state index is -1.05. The molecule has 13 heavy (non-hydrogen) atoms. The Morgan fingerprint density at radius 1 is 1.08 bits per heavy atom. The van der Waals surface area contributed by atoms with E-state index in [-0.39, 0.29) is 0 Å². The Morgan fingerprint density at radius 3 is 1.69 bits per heavy atom. The second-order valence-corrected chi connectivity index (χ2v) is 2.04. The fraction of sp³-hybridized carbons (Fsp3) is 0.125. The quantitative estimate of drug-likeness (QED) is 0.329. The van der Waals surface area contributed by atoms with Crippen molar-refractivity contribution in [3.63, 3.8) is 0 Å². The lowest BCUT2D eigenvalue weighted by molar-refractivity contribution is -0.124. The predicted octanol–water partition coefficient (Wildman–Crippen LogP) is -0.884. The predicted molar refractivity (Wildman–Crippen MR) is 46.5 cm³/mol. The number of amides is 2.